The van der Waals surface area contributed by atoms with E-state index in [9.17, 15) is 0 Å². The van der Waals surface area contributed by atoms with Crippen molar-refractivity contribution >= 4 is 22.8 Å². The molecule has 2 aromatic rings. The summed E-state index contributed by atoms with van der Waals surface area (Å²) in [6.45, 7) is 4.49. The van der Waals surface area contributed by atoms with E-state index in [-0.39, 0.29) is 0 Å². The Kier molecular flexibility index (Phi) is 3.14. The SMILES string of the molecule is CCNc1nc(N2CCOC3CCCC32)c2cn[nH]c2n1. The van der Waals surface area contributed by atoms with Gasteiger partial charge in [-0.25, -0.2) is 0 Å². The minimum atomic E-state index is 0.346. The topological polar surface area (TPSA) is 79.0 Å². The fourth-order valence-electron chi connectivity index (χ4n) is 3.46. The molecule has 2 N–H and O–H groups in total. The molecule has 1 saturated heterocycles. The van der Waals surface area contributed by atoms with Crippen LogP contribution >= 0.6 is 0 Å². The van der Waals surface area contributed by atoms with Crippen LogP contribution in [-0.2, 0) is 4.74 Å². The number of hydrogen-bond acceptors (Lipinski definition) is 6. The molecular formula is C14H20N6O. The molecule has 0 bridgehead atoms. The number of nitrogens with one attached hydrogen (secondary N) is 2. The van der Waals surface area contributed by atoms with Crippen LogP contribution in [0.1, 0.15) is 26.2 Å². The molecule has 3 heterocycles. The third-order valence-corrected chi connectivity index (χ3v) is 4.38. The minimum absolute atomic E-state index is 0.346. The molecule has 4 rings (SSSR count). The van der Waals surface area contributed by atoms with E-state index in [0.29, 0.717) is 18.1 Å². The van der Waals surface area contributed by atoms with Crippen LogP contribution in [0.25, 0.3) is 11.0 Å². The van der Waals surface area contributed by atoms with Crippen molar-refractivity contribution in [1.82, 2.24) is 20.2 Å². The molecule has 2 unspecified atom stereocenters. The normalized spacial score (nSPS) is 25.3. The summed E-state index contributed by atoms with van der Waals surface area (Å²) >= 11 is 0. The number of morpholine rings is 1. The van der Waals surface area contributed by atoms with Crippen LogP contribution in [-0.4, -0.2) is 52.0 Å². The van der Waals surface area contributed by atoms with E-state index in [2.05, 4.69) is 25.4 Å². The van der Waals surface area contributed by atoms with Crippen molar-refractivity contribution in [2.75, 3.05) is 29.9 Å². The highest BCUT2D eigenvalue weighted by Crippen LogP contribution is 2.35. The monoisotopic (exact) mass is 288 g/mol. The van der Waals surface area contributed by atoms with Crippen LogP contribution in [0.2, 0.25) is 0 Å². The van der Waals surface area contributed by atoms with Gasteiger partial charge in [-0.1, -0.05) is 0 Å². The Morgan fingerprint density at radius 1 is 1.43 bits per heavy atom. The maximum Gasteiger partial charge on any atom is 0.226 e. The minimum Gasteiger partial charge on any atom is -0.374 e. The Morgan fingerprint density at radius 2 is 2.38 bits per heavy atom. The maximum atomic E-state index is 5.90. The molecule has 0 spiro atoms. The number of aromatic nitrogens is 4. The average molecular weight is 288 g/mol. The van der Waals surface area contributed by atoms with Gasteiger partial charge in [-0.15, -0.1) is 0 Å². The predicted molar refractivity (Wildman–Crippen MR) is 80.6 cm³/mol. The second-order valence-electron chi connectivity index (χ2n) is 5.63. The second kappa shape index (κ2) is 5.14. The Balaban J connectivity index is 1.78. The Morgan fingerprint density at radius 3 is 3.29 bits per heavy atom. The fraction of sp³-hybridized carbons (Fsp3) is 0.643. The molecule has 21 heavy (non-hydrogen) atoms. The summed E-state index contributed by atoms with van der Waals surface area (Å²) in [6.07, 6.45) is 5.72. The van der Waals surface area contributed by atoms with Gasteiger partial charge in [-0.2, -0.15) is 15.1 Å². The summed E-state index contributed by atoms with van der Waals surface area (Å²) in [5.74, 6) is 1.63. The lowest BCUT2D eigenvalue weighted by atomic mass is 10.1. The molecule has 1 aliphatic heterocycles. The molecule has 2 aromatic heterocycles. The molecule has 0 aromatic carbocycles. The van der Waals surface area contributed by atoms with Crippen molar-refractivity contribution in [3.05, 3.63) is 6.20 Å². The molecule has 7 nitrogen and oxygen atoms in total. The van der Waals surface area contributed by atoms with Crippen LogP contribution in [0.3, 0.4) is 0 Å². The molecule has 2 fully saturated rings. The van der Waals surface area contributed by atoms with E-state index in [1.165, 1.54) is 12.8 Å². The van der Waals surface area contributed by atoms with Gasteiger partial charge < -0.3 is 15.0 Å². The number of aromatic amines is 1. The highest BCUT2D eigenvalue weighted by Gasteiger charge is 2.37. The zero-order valence-electron chi connectivity index (χ0n) is 12.2. The van der Waals surface area contributed by atoms with Gasteiger partial charge in [0.15, 0.2) is 5.65 Å². The van der Waals surface area contributed by atoms with Gasteiger partial charge in [0.05, 0.1) is 30.3 Å². The number of nitrogens with zero attached hydrogens (tertiary/aromatic N) is 4. The van der Waals surface area contributed by atoms with Crippen LogP contribution in [0.15, 0.2) is 6.20 Å². The smallest absolute Gasteiger partial charge is 0.226 e. The number of ether oxygens (including phenoxy) is 1. The van der Waals surface area contributed by atoms with Gasteiger partial charge in [0, 0.05) is 13.1 Å². The number of H-pyrrole nitrogens is 1. The zero-order valence-corrected chi connectivity index (χ0v) is 12.2. The van der Waals surface area contributed by atoms with Crippen molar-refractivity contribution < 1.29 is 4.74 Å². The zero-order chi connectivity index (χ0) is 14.2. The van der Waals surface area contributed by atoms with Gasteiger partial charge in [0.25, 0.3) is 0 Å². The molecular weight excluding hydrogens is 268 g/mol. The maximum absolute atomic E-state index is 5.90. The quantitative estimate of drug-likeness (QED) is 0.892. The number of hydrogen-bond donors (Lipinski definition) is 2. The number of rotatable bonds is 3. The van der Waals surface area contributed by atoms with Crippen LogP contribution in [0.5, 0.6) is 0 Å². The van der Waals surface area contributed by atoms with Crippen LogP contribution < -0.4 is 10.2 Å². The summed E-state index contributed by atoms with van der Waals surface area (Å²) in [5.41, 5.74) is 0.789. The lowest BCUT2D eigenvalue weighted by Crippen LogP contribution is -2.49. The van der Waals surface area contributed by atoms with E-state index >= 15 is 0 Å². The number of anilines is 2. The van der Waals surface area contributed by atoms with E-state index in [1.807, 2.05) is 13.1 Å². The molecule has 1 aliphatic carbocycles. The van der Waals surface area contributed by atoms with Crippen LogP contribution in [0, 0.1) is 0 Å². The highest BCUT2D eigenvalue weighted by atomic mass is 16.5. The van der Waals surface area contributed by atoms with E-state index in [0.717, 1.165) is 43.0 Å². The average Bonchev–Trinajstić information content (AvgIpc) is 3.14. The van der Waals surface area contributed by atoms with Gasteiger partial charge in [0.1, 0.15) is 5.82 Å². The lowest BCUT2D eigenvalue weighted by molar-refractivity contribution is 0.0254. The first-order valence-corrected chi connectivity index (χ1v) is 7.70. The van der Waals surface area contributed by atoms with E-state index < -0.39 is 0 Å². The first-order chi connectivity index (χ1) is 10.4. The fourth-order valence-corrected chi connectivity index (χ4v) is 3.46. The van der Waals surface area contributed by atoms with E-state index in [1.54, 1.807) is 0 Å². The summed E-state index contributed by atoms with van der Waals surface area (Å²) in [5, 5.41) is 11.3. The molecule has 112 valence electrons. The standard InChI is InChI=1S/C14H20N6O/c1-2-15-14-17-12-9(8-16-19-12)13(18-14)20-6-7-21-11-5-3-4-10(11)20/h8,10-11H,2-7H2,1H3,(H2,15,16,17,18,19). The van der Waals surface area contributed by atoms with Crippen molar-refractivity contribution in [2.45, 2.75) is 38.3 Å². The molecule has 2 atom stereocenters. The van der Waals surface area contributed by atoms with Gasteiger partial charge >= 0.3 is 0 Å². The van der Waals surface area contributed by atoms with Crippen molar-refractivity contribution in [3.63, 3.8) is 0 Å². The Bertz CT molecular complexity index is 641. The highest BCUT2D eigenvalue weighted by molar-refractivity contribution is 5.87. The third kappa shape index (κ3) is 2.12. The van der Waals surface area contributed by atoms with Crippen molar-refractivity contribution in [1.29, 1.82) is 0 Å². The summed E-state index contributed by atoms with van der Waals surface area (Å²) < 4.78 is 5.90. The van der Waals surface area contributed by atoms with E-state index in [4.69, 9.17) is 9.72 Å². The summed E-state index contributed by atoms with van der Waals surface area (Å²) in [6, 6.07) is 0.432. The largest absolute Gasteiger partial charge is 0.374 e. The molecule has 7 heteroatoms. The Hall–Kier alpha value is -1.89. The van der Waals surface area contributed by atoms with Crippen molar-refractivity contribution in [2.24, 2.45) is 0 Å². The summed E-state index contributed by atoms with van der Waals surface area (Å²) in [7, 11) is 0. The second-order valence-corrected chi connectivity index (χ2v) is 5.63. The number of fused-ring (bicyclic) bond motifs is 2. The first kappa shape index (κ1) is 12.8. The van der Waals surface area contributed by atoms with Crippen LogP contribution in [0.4, 0.5) is 11.8 Å². The molecule has 2 aliphatic rings. The predicted octanol–water partition coefficient (Wildman–Crippen LogP) is 1.54. The van der Waals surface area contributed by atoms with Crippen molar-refractivity contribution in [3.8, 4) is 0 Å². The Labute approximate surface area is 123 Å². The van der Waals surface area contributed by atoms with Gasteiger partial charge in [-0.3, -0.25) is 5.10 Å². The molecule has 1 saturated carbocycles. The third-order valence-electron chi connectivity index (χ3n) is 4.38. The van der Waals surface area contributed by atoms with Gasteiger partial charge in [-0.05, 0) is 26.2 Å². The lowest BCUT2D eigenvalue weighted by Gasteiger charge is -2.38. The molecule has 0 radical (unpaired) electrons. The first-order valence-electron chi connectivity index (χ1n) is 7.70. The molecule has 0 amide bonds. The van der Waals surface area contributed by atoms with Gasteiger partial charge in [0.2, 0.25) is 5.95 Å². The summed E-state index contributed by atoms with van der Waals surface area (Å²) in [4.78, 5) is 11.6.